The third-order valence-corrected chi connectivity index (χ3v) is 8.66. The zero-order chi connectivity index (χ0) is 29.6. The van der Waals surface area contributed by atoms with Gasteiger partial charge in [-0.3, -0.25) is 14.8 Å². The average Bonchev–Trinajstić information content (AvgIpc) is 3.69. The Kier molecular flexibility index (Phi) is 9.84. The van der Waals surface area contributed by atoms with Crippen LogP contribution >= 0.6 is 0 Å². The molecule has 2 unspecified atom stereocenters. The number of ether oxygens (including phenoxy) is 4. The molecule has 0 bridgehead atoms. The van der Waals surface area contributed by atoms with E-state index in [1.54, 1.807) is 28.4 Å². The molecule has 42 heavy (non-hydrogen) atoms. The van der Waals surface area contributed by atoms with E-state index in [0.717, 1.165) is 61.3 Å². The van der Waals surface area contributed by atoms with Gasteiger partial charge in [-0.15, -0.1) is 0 Å². The second-order valence-corrected chi connectivity index (χ2v) is 11.0. The molecule has 9 nitrogen and oxygen atoms in total. The number of aromatic nitrogens is 1. The predicted molar refractivity (Wildman–Crippen MR) is 160 cm³/mol. The number of aliphatic hydroxyl groups is 2. The SMILES string of the molecule is COc1cccc([C@H](O)C2CCCN2Cc2cccc(CN3CCCC3[C@@H](O)c3cccc(OC)c3OC)n2)c1OC. The summed E-state index contributed by atoms with van der Waals surface area (Å²) in [7, 11) is 6.42. The third kappa shape index (κ3) is 6.20. The standard InChI is InChI=1S/C33H43N3O6/c1-39-28-16-6-12-24(32(28)41-3)30(37)26-14-8-18-35(26)20-22-10-5-11-23(34-22)21-36-19-9-15-27(36)31(38)25-13-7-17-29(40-2)33(25)42-4/h5-7,10-13,16-17,26-27,30-31,37-38H,8-9,14-15,18-21H2,1-4H3/t26?,27?,30-,31-/m0/s1. The van der Waals surface area contributed by atoms with E-state index < -0.39 is 12.2 Å². The molecule has 2 saturated heterocycles. The van der Waals surface area contributed by atoms with Crippen molar-refractivity contribution in [1.82, 2.24) is 14.8 Å². The van der Waals surface area contributed by atoms with E-state index in [2.05, 4.69) is 28.0 Å². The summed E-state index contributed by atoms with van der Waals surface area (Å²) in [5, 5.41) is 22.9. The molecular weight excluding hydrogens is 534 g/mol. The lowest BCUT2D eigenvalue weighted by atomic mass is 9.98. The van der Waals surface area contributed by atoms with Gasteiger partial charge in [-0.1, -0.05) is 30.3 Å². The van der Waals surface area contributed by atoms with Crippen molar-refractivity contribution in [2.45, 2.75) is 63.1 Å². The summed E-state index contributed by atoms with van der Waals surface area (Å²) < 4.78 is 22.1. The second kappa shape index (κ2) is 13.7. The molecule has 1 aromatic heterocycles. The summed E-state index contributed by atoms with van der Waals surface area (Å²) in [6.45, 7) is 3.08. The molecule has 2 N–H and O–H groups in total. The fourth-order valence-electron chi connectivity index (χ4n) is 6.64. The molecule has 9 heteroatoms. The van der Waals surface area contributed by atoms with E-state index in [-0.39, 0.29) is 12.1 Å². The van der Waals surface area contributed by atoms with Crippen molar-refractivity contribution >= 4 is 0 Å². The largest absolute Gasteiger partial charge is 0.493 e. The van der Waals surface area contributed by atoms with E-state index in [0.29, 0.717) is 36.1 Å². The zero-order valence-electron chi connectivity index (χ0n) is 25.0. The number of hydrogen-bond acceptors (Lipinski definition) is 9. The van der Waals surface area contributed by atoms with Gasteiger partial charge in [0, 0.05) is 36.3 Å². The Labute approximate surface area is 248 Å². The van der Waals surface area contributed by atoms with Crippen molar-refractivity contribution in [1.29, 1.82) is 0 Å². The van der Waals surface area contributed by atoms with E-state index in [9.17, 15) is 10.2 Å². The molecular formula is C33H43N3O6. The Bertz CT molecular complexity index is 1240. The van der Waals surface area contributed by atoms with Crippen LogP contribution in [0, 0.1) is 0 Å². The van der Waals surface area contributed by atoms with Crippen molar-refractivity contribution in [2.24, 2.45) is 0 Å². The van der Waals surface area contributed by atoms with Crippen LogP contribution in [0.1, 0.15) is 60.4 Å². The van der Waals surface area contributed by atoms with Crippen LogP contribution in [0.4, 0.5) is 0 Å². The summed E-state index contributed by atoms with van der Waals surface area (Å²) in [4.78, 5) is 9.64. The van der Waals surface area contributed by atoms with Gasteiger partial charge < -0.3 is 29.2 Å². The number of hydrogen-bond donors (Lipinski definition) is 2. The van der Waals surface area contributed by atoms with Gasteiger partial charge in [0.1, 0.15) is 0 Å². The Morgan fingerprint density at radius 1 is 0.667 bits per heavy atom. The molecule has 0 amide bonds. The average molecular weight is 578 g/mol. The van der Waals surface area contributed by atoms with E-state index in [4.69, 9.17) is 23.9 Å². The molecule has 3 aromatic rings. The summed E-state index contributed by atoms with van der Waals surface area (Å²) >= 11 is 0. The Balaban J connectivity index is 1.28. The lowest BCUT2D eigenvalue weighted by molar-refractivity contribution is 0.0646. The highest BCUT2D eigenvalue weighted by atomic mass is 16.5. The first-order valence-corrected chi connectivity index (χ1v) is 14.7. The summed E-state index contributed by atoms with van der Waals surface area (Å²) in [6, 6.07) is 17.3. The highest BCUT2D eigenvalue weighted by molar-refractivity contribution is 5.49. The lowest BCUT2D eigenvalue weighted by Crippen LogP contribution is -2.35. The summed E-state index contributed by atoms with van der Waals surface area (Å²) in [5.41, 5.74) is 3.41. The zero-order valence-corrected chi connectivity index (χ0v) is 25.0. The number of benzene rings is 2. The number of nitrogens with zero attached hydrogens (tertiary/aromatic N) is 3. The summed E-state index contributed by atoms with van der Waals surface area (Å²) in [6.07, 6.45) is 2.39. The maximum Gasteiger partial charge on any atom is 0.166 e. The van der Waals surface area contributed by atoms with Crippen molar-refractivity contribution in [2.75, 3.05) is 41.5 Å². The van der Waals surface area contributed by atoms with Crippen LogP contribution < -0.4 is 18.9 Å². The van der Waals surface area contributed by atoms with E-state index in [1.165, 1.54) is 0 Å². The summed E-state index contributed by atoms with van der Waals surface area (Å²) in [5.74, 6) is 2.38. The maximum absolute atomic E-state index is 11.4. The molecule has 226 valence electrons. The fourth-order valence-corrected chi connectivity index (χ4v) is 6.64. The van der Waals surface area contributed by atoms with E-state index >= 15 is 0 Å². The smallest absolute Gasteiger partial charge is 0.166 e. The van der Waals surface area contributed by atoms with Crippen molar-refractivity contribution < 1.29 is 29.2 Å². The van der Waals surface area contributed by atoms with Gasteiger partial charge in [0.2, 0.25) is 0 Å². The van der Waals surface area contributed by atoms with Gasteiger partial charge in [0.15, 0.2) is 23.0 Å². The van der Waals surface area contributed by atoms with Gasteiger partial charge in [0.25, 0.3) is 0 Å². The maximum atomic E-state index is 11.4. The first-order valence-electron chi connectivity index (χ1n) is 14.7. The van der Waals surface area contributed by atoms with Crippen LogP contribution in [0.15, 0.2) is 54.6 Å². The lowest BCUT2D eigenvalue weighted by Gasteiger charge is -2.30. The third-order valence-electron chi connectivity index (χ3n) is 8.66. The van der Waals surface area contributed by atoms with Crippen LogP contribution in [0.2, 0.25) is 0 Å². The number of aliphatic hydroxyl groups excluding tert-OH is 2. The first-order chi connectivity index (χ1) is 20.5. The van der Waals surface area contributed by atoms with Crippen molar-refractivity contribution in [3.8, 4) is 23.0 Å². The fraction of sp³-hybridized carbons (Fsp3) is 0.485. The molecule has 2 fully saturated rings. The number of pyridine rings is 1. The minimum absolute atomic E-state index is 0.0487. The molecule has 4 atom stereocenters. The van der Waals surface area contributed by atoms with Gasteiger partial charge in [-0.05, 0) is 63.0 Å². The van der Waals surface area contributed by atoms with Crippen LogP contribution in [-0.4, -0.2) is 78.6 Å². The molecule has 5 rings (SSSR count). The number of likely N-dealkylation sites (tertiary alicyclic amines) is 2. The second-order valence-electron chi connectivity index (χ2n) is 11.0. The molecule has 0 radical (unpaired) electrons. The highest BCUT2D eigenvalue weighted by Gasteiger charge is 2.35. The molecule has 2 aromatic carbocycles. The molecule has 2 aliphatic heterocycles. The predicted octanol–water partition coefficient (Wildman–Crippen LogP) is 4.51. The van der Waals surface area contributed by atoms with Gasteiger partial charge in [-0.25, -0.2) is 0 Å². The monoisotopic (exact) mass is 577 g/mol. The van der Waals surface area contributed by atoms with Crippen molar-refractivity contribution in [3.63, 3.8) is 0 Å². The molecule has 0 spiro atoms. The Morgan fingerprint density at radius 3 is 1.50 bits per heavy atom. The van der Waals surface area contributed by atoms with Gasteiger partial charge in [-0.2, -0.15) is 0 Å². The minimum Gasteiger partial charge on any atom is -0.493 e. The Hall–Kier alpha value is -3.37. The van der Waals surface area contributed by atoms with Crippen LogP contribution in [0.25, 0.3) is 0 Å². The van der Waals surface area contributed by atoms with E-state index in [1.807, 2.05) is 36.4 Å². The minimum atomic E-state index is -0.707. The van der Waals surface area contributed by atoms with Gasteiger partial charge in [0.05, 0.1) is 52.0 Å². The van der Waals surface area contributed by atoms with Crippen LogP contribution in [0.5, 0.6) is 23.0 Å². The van der Waals surface area contributed by atoms with Crippen molar-refractivity contribution in [3.05, 3.63) is 77.1 Å². The number of para-hydroxylation sites is 2. The normalized spacial score (nSPS) is 20.8. The van der Waals surface area contributed by atoms with Gasteiger partial charge >= 0.3 is 0 Å². The van der Waals surface area contributed by atoms with Crippen LogP contribution in [0.3, 0.4) is 0 Å². The number of methoxy groups -OCH3 is 4. The number of rotatable bonds is 12. The quantitative estimate of drug-likeness (QED) is 0.322. The molecule has 0 saturated carbocycles. The topological polar surface area (TPSA) is 96.8 Å². The Morgan fingerprint density at radius 2 is 1.10 bits per heavy atom. The van der Waals surface area contributed by atoms with Crippen LogP contribution in [-0.2, 0) is 13.1 Å². The highest BCUT2D eigenvalue weighted by Crippen LogP contribution is 2.41. The molecule has 0 aliphatic carbocycles. The molecule has 3 heterocycles. The molecule has 2 aliphatic rings. The first kappa shape index (κ1) is 30.1.